The second-order valence-corrected chi connectivity index (χ2v) is 5.26. The van der Waals surface area contributed by atoms with E-state index in [-0.39, 0.29) is 6.03 Å². The summed E-state index contributed by atoms with van der Waals surface area (Å²) in [5, 5.41) is 4.85. The van der Waals surface area contributed by atoms with Crippen molar-refractivity contribution in [1.82, 2.24) is 19.7 Å². The van der Waals surface area contributed by atoms with Gasteiger partial charge in [0.05, 0.1) is 0 Å². The predicted octanol–water partition coefficient (Wildman–Crippen LogP) is 2.87. The van der Waals surface area contributed by atoms with E-state index >= 15 is 0 Å². The van der Waals surface area contributed by atoms with Crippen LogP contribution >= 0.6 is 11.8 Å². The maximum absolute atomic E-state index is 12.2. The first-order valence-electron chi connectivity index (χ1n) is 6.56. The average Bonchev–Trinajstić information content (AvgIpc) is 2.83. The number of hydrogen-bond acceptors (Lipinski definition) is 4. The SMILES string of the molecule is CCCCN(CCC)C(=O)n1cnc(SCC)n1. The molecule has 102 valence electrons. The first-order valence-corrected chi connectivity index (χ1v) is 7.55. The molecular weight excluding hydrogens is 248 g/mol. The Hall–Kier alpha value is -1.04. The monoisotopic (exact) mass is 270 g/mol. The lowest BCUT2D eigenvalue weighted by Gasteiger charge is -2.20. The van der Waals surface area contributed by atoms with Gasteiger partial charge in [0.1, 0.15) is 6.33 Å². The van der Waals surface area contributed by atoms with E-state index in [1.54, 1.807) is 11.8 Å². The Morgan fingerprint density at radius 1 is 1.33 bits per heavy atom. The molecule has 18 heavy (non-hydrogen) atoms. The van der Waals surface area contributed by atoms with Crippen LogP contribution in [0.2, 0.25) is 0 Å². The van der Waals surface area contributed by atoms with Gasteiger partial charge in [-0.05, 0) is 18.6 Å². The zero-order valence-electron chi connectivity index (χ0n) is 11.4. The lowest BCUT2D eigenvalue weighted by Crippen LogP contribution is -2.36. The van der Waals surface area contributed by atoms with Crippen molar-refractivity contribution in [3.05, 3.63) is 6.33 Å². The fraction of sp³-hybridized carbons (Fsp3) is 0.750. The summed E-state index contributed by atoms with van der Waals surface area (Å²) in [6.07, 6.45) is 4.58. The molecule has 1 aromatic heterocycles. The van der Waals surface area contributed by atoms with Crippen LogP contribution in [-0.4, -0.2) is 44.5 Å². The van der Waals surface area contributed by atoms with Crippen LogP contribution in [0.3, 0.4) is 0 Å². The summed E-state index contributed by atoms with van der Waals surface area (Å²) in [5.74, 6) is 0.909. The van der Waals surface area contributed by atoms with Crippen molar-refractivity contribution in [2.24, 2.45) is 0 Å². The van der Waals surface area contributed by atoms with Gasteiger partial charge >= 0.3 is 6.03 Å². The van der Waals surface area contributed by atoms with Crippen LogP contribution in [0, 0.1) is 0 Å². The minimum Gasteiger partial charge on any atom is -0.323 e. The van der Waals surface area contributed by atoms with E-state index in [0.717, 1.165) is 38.1 Å². The van der Waals surface area contributed by atoms with Gasteiger partial charge < -0.3 is 4.90 Å². The number of unbranched alkanes of at least 4 members (excludes halogenated alkanes) is 1. The van der Waals surface area contributed by atoms with E-state index in [2.05, 4.69) is 23.9 Å². The summed E-state index contributed by atoms with van der Waals surface area (Å²) in [5.41, 5.74) is 0. The zero-order chi connectivity index (χ0) is 13.4. The van der Waals surface area contributed by atoms with Gasteiger partial charge in [-0.25, -0.2) is 9.78 Å². The summed E-state index contributed by atoms with van der Waals surface area (Å²) < 4.78 is 1.35. The van der Waals surface area contributed by atoms with Crippen molar-refractivity contribution >= 4 is 17.8 Å². The van der Waals surface area contributed by atoms with Crippen molar-refractivity contribution in [1.29, 1.82) is 0 Å². The van der Waals surface area contributed by atoms with Crippen molar-refractivity contribution in [2.75, 3.05) is 18.8 Å². The van der Waals surface area contributed by atoms with Crippen molar-refractivity contribution in [3.8, 4) is 0 Å². The van der Waals surface area contributed by atoms with Gasteiger partial charge in [0.15, 0.2) is 0 Å². The second kappa shape index (κ2) is 8.13. The number of thioether (sulfide) groups is 1. The fourth-order valence-corrected chi connectivity index (χ4v) is 2.13. The molecule has 0 aromatic carbocycles. The number of nitrogens with zero attached hydrogens (tertiary/aromatic N) is 4. The molecule has 1 rings (SSSR count). The van der Waals surface area contributed by atoms with E-state index < -0.39 is 0 Å². The van der Waals surface area contributed by atoms with Crippen LogP contribution in [0.25, 0.3) is 0 Å². The second-order valence-electron chi connectivity index (χ2n) is 4.03. The molecule has 0 saturated carbocycles. The molecule has 0 atom stereocenters. The molecule has 5 nitrogen and oxygen atoms in total. The summed E-state index contributed by atoms with van der Waals surface area (Å²) in [4.78, 5) is 18.2. The topological polar surface area (TPSA) is 51.0 Å². The van der Waals surface area contributed by atoms with E-state index in [4.69, 9.17) is 0 Å². The molecular formula is C12H22N4OS. The number of amides is 1. The van der Waals surface area contributed by atoms with Gasteiger partial charge in [0.2, 0.25) is 5.16 Å². The summed E-state index contributed by atoms with van der Waals surface area (Å²) in [7, 11) is 0. The lowest BCUT2D eigenvalue weighted by molar-refractivity contribution is 0.195. The Balaban J connectivity index is 2.67. The molecule has 0 aliphatic carbocycles. The molecule has 0 fully saturated rings. The van der Waals surface area contributed by atoms with Gasteiger partial charge in [-0.2, -0.15) is 4.68 Å². The Morgan fingerprint density at radius 2 is 2.11 bits per heavy atom. The minimum absolute atomic E-state index is 0.0687. The first-order chi connectivity index (χ1) is 8.72. The van der Waals surface area contributed by atoms with Crippen LogP contribution in [0.1, 0.15) is 40.0 Å². The highest BCUT2D eigenvalue weighted by Crippen LogP contribution is 2.11. The Bertz CT molecular complexity index is 367. The van der Waals surface area contributed by atoms with Crippen LogP contribution in [0.5, 0.6) is 0 Å². The van der Waals surface area contributed by atoms with Crippen molar-refractivity contribution < 1.29 is 4.79 Å². The van der Waals surface area contributed by atoms with Gasteiger partial charge in [0, 0.05) is 13.1 Å². The summed E-state index contributed by atoms with van der Waals surface area (Å²) >= 11 is 1.54. The number of aromatic nitrogens is 3. The molecule has 0 unspecified atom stereocenters. The normalized spacial score (nSPS) is 10.6. The fourth-order valence-electron chi connectivity index (χ4n) is 1.60. The largest absolute Gasteiger partial charge is 0.346 e. The number of rotatable bonds is 7. The molecule has 0 aliphatic heterocycles. The molecule has 0 saturated heterocycles. The highest BCUT2D eigenvalue weighted by Gasteiger charge is 2.15. The first kappa shape index (κ1) is 15.0. The quantitative estimate of drug-likeness (QED) is 0.715. The molecule has 1 aromatic rings. The third-order valence-corrected chi connectivity index (χ3v) is 3.22. The van der Waals surface area contributed by atoms with E-state index in [1.807, 2.05) is 11.8 Å². The maximum atomic E-state index is 12.2. The smallest absolute Gasteiger partial charge is 0.323 e. The molecule has 0 radical (unpaired) electrons. The number of hydrogen-bond donors (Lipinski definition) is 0. The molecule has 0 N–H and O–H groups in total. The Morgan fingerprint density at radius 3 is 2.72 bits per heavy atom. The Kier molecular flexibility index (Phi) is 6.78. The highest BCUT2D eigenvalue weighted by atomic mass is 32.2. The lowest BCUT2D eigenvalue weighted by atomic mass is 10.3. The number of carbonyl (C=O) groups is 1. The van der Waals surface area contributed by atoms with Gasteiger partial charge in [-0.15, -0.1) is 5.10 Å². The van der Waals surface area contributed by atoms with E-state index in [0.29, 0.717) is 5.16 Å². The molecule has 0 bridgehead atoms. The standard InChI is InChI=1S/C12H22N4OS/c1-4-7-9-15(8-5-2)12(17)16-10-13-11(14-16)18-6-3/h10H,4-9H2,1-3H3. The molecule has 6 heteroatoms. The van der Waals surface area contributed by atoms with Gasteiger partial charge in [-0.3, -0.25) is 0 Å². The summed E-state index contributed by atoms with van der Waals surface area (Å²) in [6.45, 7) is 7.80. The average molecular weight is 270 g/mol. The zero-order valence-corrected chi connectivity index (χ0v) is 12.2. The predicted molar refractivity (Wildman–Crippen MR) is 74.0 cm³/mol. The Labute approximate surface area is 113 Å². The number of carbonyl (C=O) groups excluding carboxylic acids is 1. The van der Waals surface area contributed by atoms with Gasteiger partial charge in [0.25, 0.3) is 0 Å². The van der Waals surface area contributed by atoms with Crippen LogP contribution < -0.4 is 0 Å². The minimum atomic E-state index is -0.0687. The maximum Gasteiger partial charge on any atom is 0.346 e. The van der Waals surface area contributed by atoms with Crippen LogP contribution in [0.4, 0.5) is 4.79 Å². The van der Waals surface area contributed by atoms with Crippen LogP contribution in [0.15, 0.2) is 11.5 Å². The van der Waals surface area contributed by atoms with E-state index in [1.165, 1.54) is 11.0 Å². The highest BCUT2D eigenvalue weighted by molar-refractivity contribution is 7.99. The third kappa shape index (κ3) is 4.33. The molecule has 1 heterocycles. The molecule has 1 amide bonds. The molecule has 0 aliphatic rings. The van der Waals surface area contributed by atoms with E-state index in [9.17, 15) is 4.79 Å². The van der Waals surface area contributed by atoms with Gasteiger partial charge in [-0.1, -0.05) is 39.0 Å². The third-order valence-electron chi connectivity index (χ3n) is 2.49. The summed E-state index contributed by atoms with van der Waals surface area (Å²) in [6, 6.07) is -0.0687. The van der Waals surface area contributed by atoms with Crippen LogP contribution in [-0.2, 0) is 0 Å². The molecule has 0 spiro atoms. The van der Waals surface area contributed by atoms with Crippen molar-refractivity contribution in [2.45, 2.75) is 45.2 Å². The van der Waals surface area contributed by atoms with Crippen molar-refractivity contribution in [3.63, 3.8) is 0 Å².